The minimum Gasteiger partial charge on any atom is -0.481 e. The zero-order valence-electron chi connectivity index (χ0n) is 56.3. The van der Waals surface area contributed by atoms with Gasteiger partial charge in [-0.2, -0.15) is 9.97 Å². The van der Waals surface area contributed by atoms with Crippen molar-refractivity contribution in [2.24, 2.45) is 11.8 Å². The number of benzene rings is 2. The Bertz CT molecular complexity index is 3700. The van der Waals surface area contributed by atoms with Gasteiger partial charge in [-0.1, -0.05) is 24.3 Å². The first-order valence-corrected chi connectivity index (χ1v) is 33.2. The smallest absolute Gasteiger partial charge is 0.326 e. The Morgan fingerprint density at radius 1 is 0.510 bits per heavy atom. The normalized spacial score (nSPS) is 11.7. The molecule has 0 bridgehead atoms. The minimum absolute atomic E-state index is 0.0198. The van der Waals surface area contributed by atoms with Crippen LogP contribution in [0.5, 0.6) is 0 Å². The molecule has 4 aromatic heterocycles. The SMILES string of the molecule is NNC(=O)CCCC(=O)NCCCOCCOCCOCCCN(CCC(=O)NCCNC(=O)CCC(CC(=O)c1ccc(CCc2cnc3c(=O)[nH]c(N)nc3n2)cc1)C(=O)O)CCC(=O)NCCNC(=O)CCC(NC(=O)c1ccc(NCc2cnc3c(=O)[nH]c(N)nc3n2)cc1)C(=O)O. The summed E-state index contributed by atoms with van der Waals surface area (Å²) in [6.45, 7) is 3.73. The van der Waals surface area contributed by atoms with Gasteiger partial charge in [-0.25, -0.2) is 30.6 Å². The number of aromatic amines is 2. The van der Waals surface area contributed by atoms with E-state index in [1.54, 1.807) is 36.4 Å². The summed E-state index contributed by atoms with van der Waals surface area (Å²) in [5.74, 6) is -2.12. The zero-order chi connectivity index (χ0) is 73.6. The lowest BCUT2D eigenvalue weighted by atomic mass is 9.93. The lowest BCUT2D eigenvalue weighted by Gasteiger charge is -2.22. The molecule has 7 amide bonds. The lowest BCUT2D eigenvalue weighted by Crippen LogP contribution is -2.42. The van der Waals surface area contributed by atoms with Gasteiger partial charge in [0.25, 0.3) is 17.0 Å². The Balaban J connectivity index is 0.860. The molecule has 0 saturated heterocycles. The van der Waals surface area contributed by atoms with Gasteiger partial charge in [0.2, 0.25) is 47.3 Å². The van der Waals surface area contributed by atoms with Gasteiger partial charge < -0.3 is 78.0 Å². The van der Waals surface area contributed by atoms with Crippen molar-refractivity contribution in [3.8, 4) is 0 Å². The van der Waals surface area contributed by atoms with Crippen LogP contribution in [0.25, 0.3) is 22.3 Å². The van der Waals surface area contributed by atoms with E-state index < -0.39 is 58.5 Å². The number of aryl methyl sites for hydroxylation is 2. The fraction of sp³-hybridized carbons (Fsp3) is 0.477. The van der Waals surface area contributed by atoms with E-state index in [9.17, 15) is 67.7 Å². The van der Waals surface area contributed by atoms with Crippen LogP contribution >= 0.6 is 0 Å². The number of aliphatic carboxylic acids is 2. The van der Waals surface area contributed by atoms with Crippen molar-refractivity contribution in [2.75, 3.05) is 109 Å². The fourth-order valence-electron chi connectivity index (χ4n) is 9.86. The topological polar surface area (TPSA) is 559 Å². The first-order chi connectivity index (χ1) is 49.1. The summed E-state index contributed by atoms with van der Waals surface area (Å²) >= 11 is 0. The van der Waals surface area contributed by atoms with Crippen LogP contribution in [0.1, 0.15) is 115 Å². The first-order valence-electron chi connectivity index (χ1n) is 33.2. The van der Waals surface area contributed by atoms with Crippen LogP contribution in [0, 0.1) is 5.92 Å². The molecule has 0 fully saturated rings. The summed E-state index contributed by atoms with van der Waals surface area (Å²) in [7, 11) is 0. The highest BCUT2D eigenvalue weighted by molar-refractivity contribution is 5.98. The Labute approximate surface area is 584 Å². The number of amides is 7. The molecule has 6 aromatic rings. The number of nitrogens with one attached hydrogen (secondary N) is 10. The predicted octanol–water partition coefficient (Wildman–Crippen LogP) is -1.33. The summed E-state index contributed by atoms with van der Waals surface area (Å²) in [4.78, 5) is 181. The van der Waals surface area contributed by atoms with Crippen LogP contribution in [0.3, 0.4) is 0 Å². The summed E-state index contributed by atoms with van der Waals surface area (Å²) in [5, 5.41) is 38.9. The van der Waals surface area contributed by atoms with Gasteiger partial charge in [-0.15, -0.1) is 0 Å². The number of nitrogen functional groups attached to an aromatic ring is 2. The molecule has 550 valence electrons. The highest BCUT2D eigenvalue weighted by atomic mass is 16.5. The van der Waals surface area contributed by atoms with E-state index in [2.05, 4.69) is 77.1 Å². The largest absolute Gasteiger partial charge is 0.481 e. The predicted molar refractivity (Wildman–Crippen MR) is 368 cm³/mol. The molecule has 102 heavy (non-hydrogen) atoms. The van der Waals surface area contributed by atoms with Crippen LogP contribution in [-0.4, -0.2) is 212 Å². The van der Waals surface area contributed by atoms with Crippen molar-refractivity contribution in [2.45, 2.75) is 102 Å². The molecule has 2 aromatic carbocycles. The third-order valence-electron chi connectivity index (χ3n) is 15.4. The number of carboxylic acids is 2. The number of carbonyl (C=O) groups excluding carboxylic acids is 8. The molecule has 0 spiro atoms. The number of hydrazine groups is 1. The summed E-state index contributed by atoms with van der Waals surface area (Å²) < 4.78 is 16.9. The van der Waals surface area contributed by atoms with Gasteiger partial charge in [-0.3, -0.25) is 68.1 Å². The molecule has 0 aliphatic rings. The van der Waals surface area contributed by atoms with Crippen molar-refractivity contribution >= 4 is 99.0 Å². The van der Waals surface area contributed by atoms with E-state index in [0.717, 1.165) is 5.56 Å². The fourth-order valence-corrected chi connectivity index (χ4v) is 9.86. The Hall–Kier alpha value is -11.0. The van der Waals surface area contributed by atoms with Crippen LogP contribution < -0.4 is 71.1 Å². The van der Waals surface area contributed by atoms with E-state index in [1.807, 2.05) is 10.3 Å². The molecule has 0 radical (unpaired) electrons. The summed E-state index contributed by atoms with van der Waals surface area (Å²) in [5.41, 5.74) is 15.5. The van der Waals surface area contributed by atoms with Gasteiger partial charge in [0.05, 0.1) is 56.5 Å². The molecule has 2 atom stereocenters. The van der Waals surface area contributed by atoms with Gasteiger partial charge >= 0.3 is 11.9 Å². The number of hydrogen-bond acceptors (Lipinski definition) is 26. The minimum atomic E-state index is -1.40. The number of ether oxygens (including phenoxy) is 3. The number of carbonyl (C=O) groups is 10. The van der Waals surface area contributed by atoms with Crippen molar-refractivity contribution in [1.29, 1.82) is 0 Å². The number of carboxylic acid groups (broad SMARTS) is 2. The van der Waals surface area contributed by atoms with Gasteiger partial charge in [0.1, 0.15) is 6.04 Å². The molecule has 0 aliphatic carbocycles. The number of fused-ring (bicyclic) bond motifs is 2. The molecule has 2 unspecified atom stereocenters. The number of aromatic nitrogens is 8. The number of ketones is 1. The van der Waals surface area contributed by atoms with E-state index in [0.29, 0.717) is 107 Å². The van der Waals surface area contributed by atoms with Gasteiger partial charge in [0.15, 0.2) is 28.1 Å². The number of nitrogens with zero attached hydrogens (tertiary/aromatic N) is 7. The third-order valence-corrected chi connectivity index (χ3v) is 15.4. The summed E-state index contributed by atoms with van der Waals surface area (Å²) in [6, 6.07) is 11.4. The maximum atomic E-state index is 13.2. The van der Waals surface area contributed by atoms with Crippen LogP contribution in [-0.2, 0) is 72.0 Å². The van der Waals surface area contributed by atoms with E-state index in [-0.39, 0.29) is 167 Å². The van der Waals surface area contributed by atoms with E-state index in [4.69, 9.17) is 31.5 Å². The van der Waals surface area contributed by atoms with Gasteiger partial charge in [0, 0.05) is 134 Å². The Morgan fingerprint density at radius 2 is 1.00 bits per heavy atom. The Kier molecular flexibility index (Phi) is 34.1. The van der Waals surface area contributed by atoms with Crippen molar-refractivity contribution in [3.05, 3.63) is 110 Å². The van der Waals surface area contributed by atoms with E-state index >= 15 is 0 Å². The second kappa shape index (κ2) is 43.5. The summed E-state index contributed by atoms with van der Waals surface area (Å²) in [6.07, 6.45) is 4.69. The molecule has 18 N–H and O–H groups in total. The maximum Gasteiger partial charge on any atom is 0.326 e. The molecule has 0 saturated carbocycles. The first kappa shape index (κ1) is 80.0. The monoisotopic (exact) mass is 1420 g/mol. The van der Waals surface area contributed by atoms with Crippen LogP contribution in [0.4, 0.5) is 17.6 Å². The molecule has 6 rings (SSSR count). The molecule has 37 heteroatoms. The van der Waals surface area contributed by atoms with E-state index in [1.165, 1.54) is 24.5 Å². The van der Waals surface area contributed by atoms with Crippen molar-refractivity contribution in [3.63, 3.8) is 0 Å². The van der Waals surface area contributed by atoms with Crippen molar-refractivity contribution < 1.29 is 72.4 Å². The standard InChI is InChI=1S/C65H88N20O17/c66-64-80-57-55(60(94)82-64)75-37-45(77-57)14-8-40-6-9-41(10-7-40)48(86)36-43(62(96)97)13-18-50(88)70-23-25-72-52(90)20-28-85(27-3-31-101-33-35-102-34-32-100-30-2-22-69-49(87)4-1-5-54(92)84-68)29-21-53(91)73-26-24-71-51(89)19-17-47(63(98)99)79-59(93)42-11-15-44(16-12-42)74-38-46-39-76-56-58(78-46)81-65(67)83-61(56)95/h6-7,9-12,15-16,37,39,43,47,74H,1-5,8,13-14,17-36,38,68H2,(H,69,87)(H,70,88)(H,71,89)(H,72,90)(H,73,91)(H,79,93)(H,84,92)(H,96,97)(H,98,99)(H3,66,77,80,82,94)(H3,67,78,81,83,95). The molecule has 4 heterocycles. The number of H-pyrrole nitrogens is 2. The highest BCUT2D eigenvalue weighted by Crippen LogP contribution is 2.19. The Morgan fingerprint density at radius 3 is 1.56 bits per heavy atom. The molecule has 37 nitrogen and oxygen atoms in total. The second-order valence-corrected chi connectivity index (χ2v) is 23.3. The number of nitrogens with two attached hydrogens (primary N) is 3. The maximum absolute atomic E-state index is 13.2. The van der Waals surface area contributed by atoms with Gasteiger partial charge in [-0.05, 0) is 74.8 Å². The average molecular weight is 1420 g/mol. The van der Waals surface area contributed by atoms with Crippen LogP contribution in [0.2, 0.25) is 0 Å². The van der Waals surface area contributed by atoms with Crippen molar-refractivity contribution in [1.82, 2.24) is 82.1 Å². The second-order valence-electron chi connectivity index (χ2n) is 23.3. The highest BCUT2D eigenvalue weighted by Gasteiger charge is 2.25. The third kappa shape index (κ3) is 29.8. The van der Waals surface area contributed by atoms with Crippen LogP contribution in [0.15, 0.2) is 70.5 Å². The number of anilines is 3. The zero-order valence-corrected chi connectivity index (χ0v) is 56.3. The molecule has 0 aliphatic heterocycles. The molecular weight excluding hydrogens is 1330 g/mol. The lowest BCUT2D eigenvalue weighted by molar-refractivity contribution is -0.142. The average Bonchev–Trinajstić information content (AvgIpc) is 0.818. The number of hydrogen-bond donors (Lipinski definition) is 15. The molecular formula is C65H88N20O17. The number of Topliss-reactive ketones (excluding diaryl/α,β-unsaturated/α-hetero) is 1. The quantitative estimate of drug-likeness (QED) is 0.00692. The number of rotatable bonds is 49.